The quantitative estimate of drug-likeness (QED) is 0.845. The van der Waals surface area contributed by atoms with E-state index >= 15 is 0 Å². The molecule has 9 heteroatoms. The summed E-state index contributed by atoms with van der Waals surface area (Å²) in [4.78, 5) is 14.1. The number of pyridine rings is 1. The zero-order valence-electron chi connectivity index (χ0n) is 9.62. The second-order valence-corrected chi connectivity index (χ2v) is 3.62. The lowest BCUT2D eigenvalue weighted by Gasteiger charge is -2.14. The summed E-state index contributed by atoms with van der Waals surface area (Å²) in [6.07, 6.45) is -5.66. The molecule has 1 aromatic heterocycles. The largest absolute Gasteiger partial charge is 0.574 e. The molecule has 1 rings (SSSR count). The summed E-state index contributed by atoms with van der Waals surface area (Å²) < 4.78 is 45.2. The maximum Gasteiger partial charge on any atom is 0.574 e. The van der Waals surface area contributed by atoms with E-state index in [1.807, 2.05) is 0 Å². The molecular formula is C10H9ClF3NO4. The van der Waals surface area contributed by atoms with Gasteiger partial charge in [0, 0.05) is 5.56 Å². The van der Waals surface area contributed by atoms with Gasteiger partial charge >= 0.3 is 12.3 Å². The molecule has 0 fully saturated rings. The topological polar surface area (TPSA) is 68.7 Å². The third-order valence-corrected chi connectivity index (χ3v) is 2.25. The van der Waals surface area contributed by atoms with E-state index in [-0.39, 0.29) is 22.9 Å². The molecule has 1 heterocycles. The number of aliphatic carboxylic acids is 1. The zero-order chi connectivity index (χ0) is 14.6. The smallest absolute Gasteiger partial charge is 0.495 e. The van der Waals surface area contributed by atoms with Crippen molar-refractivity contribution in [2.75, 3.05) is 7.11 Å². The number of hydrogen-bond donors (Lipinski definition) is 1. The van der Waals surface area contributed by atoms with Crippen LogP contribution in [0, 0.1) is 0 Å². The number of hydrogen-bond acceptors (Lipinski definition) is 4. The molecule has 0 aliphatic carbocycles. The molecule has 106 valence electrons. The van der Waals surface area contributed by atoms with Crippen LogP contribution in [0.4, 0.5) is 13.2 Å². The Labute approximate surface area is 110 Å². The average molecular weight is 300 g/mol. The summed E-state index contributed by atoms with van der Waals surface area (Å²) in [6.45, 7) is 0. The van der Waals surface area contributed by atoms with Gasteiger partial charge in [-0.05, 0) is 6.07 Å². The minimum absolute atomic E-state index is 0.0255. The van der Waals surface area contributed by atoms with E-state index in [2.05, 4.69) is 9.72 Å². The lowest BCUT2D eigenvalue weighted by Crippen LogP contribution is -2.20. The Hall–Kier alpha value is -1.70. The van der Waals surface area contributed by atoms with Gasteiger partial charge in [0.25, 0.3) is 0 Å². The molecule has 0 aliphatic rings. The van der Waals surface area contributed by atoms with Gasteiger partial charge in [-0.1, -0.05) is 0 Å². The Morgan fingerprint density at radius 3 is 2.58 bits per heavy atom. The first kappa shape index (κ1) is 15.4. The molecule has 0 bridgehead atoms. The first-order chi connectivity index (χ1) is 8.76. The Balaban J connectivity index is 3.27. The molecule has 0 spiro atoms. The van der Waals surface area contributed by atoms with Gasteiger partial charge in [0.15, 0.2) is 0 Å². The normalized spacial score (nSPS) is 11.2. The van der Waals surface area contributed by atoms with Gasteiger partial charge in [0.05, 0.1) is 19.4 Å². The van der Waals surface area contributed by atoms with Crippen molar-refractivity contribution in [3.63, 3.8) is 0 Å². The van der Waals surface area contributed by atoms with Gasteiger partial charge in [-0.3, -0.25) is 4.79 Å². The Kier molecular flexibility index (Phi) is 4.82. The van der Waals surface area contributed by atoms with Crippen LogP contribution in [0.5, 0.6) is 11.6 Å². The van der Waals surface area contributed by atoms with E-state index in [9.17, 15) is 18.0 Å². The van der Waals surface area contributed by atoms with Gasteiger partial charge in [-0.2, -0.15) is 0 Å². The van der Waals surface area contributed by atoms with Crippen LogP contribution < -0.4 is 9.47 Å². The molecule has 19 heavy (non-hydrogen) atoms. The number of rotatable bonds is 5. The van der Waals surface area contributed by atoms with Gasteiger partial charge < -0.3 is 14.6 Å². The molecule has 5 nitrogen and oxygen atoms in total. The number of halogens is 4. The monoisotopic (exact) mass is 299 g/mol. The number of carboxylic acids is 1. The summed E-state index contributed by atoms with van der Waals surface area (Å²) in [5, 5.41) is 8.65. The lowest BCUT2D eigenvalue weighted by molar-refractivity contribution is -0.276. The first-order valence-corrected chi connectivity index (χ1v) is 5.40. The number of ether oxygens (including phenoxy) is 2. The van der Waals surface area contributed by atoms with E-state index in [0.29, 0.717) is 0 Å². The highest BCUT2D eigenvalue weighted by Gasteiger charge is 2.33. The van der Waals surface area contributed by atoms with Crippen LogP contribution in [0.15, 0.2) is 6.07 Å². The first-order valence-electron chi connectivity index (χ1n) is 4.87. The van der Waals surface area contributed by atoms with E-state index in [0.717, 1.165) is 6.07 Å². The van der Waals surface area contributed by atoms with Crippen molar-refractivity contribution in [1.29, 1.82) is 0 Å². The van der Waals surface area contributed by atoms with E-state index in [1.165, 1.54) is 7.11 Å². The number of carbonyl (C=O) groups is 1. The Morgan fingerprint density at radius 2 is 2.16 bits per heavy atom. The molecular weight excluding hydrogens is 291 g/mol. The summed E-state index contributed by atoms with van der Waals surface area (Å²) >= 11 is 5.52. The van der Waals surface area contributed by atoms with Gasteiger partial charge in [-0.15, -0.1) is 24.8 Å². The molecule has 0 saturated heterocycles. The molecule has 1 aromatic rings. The standard InChI is InChI=1S/C10H9ClF3NO4/c1-18-7-2-5(3-8(16)17)9(15-6(7)4-11)19-10(12,13)14/h2H,3-4H2,1H3,(H,16,17). The van der Waals surface area contributed by atoms with E-state index in [1.54, 1.807) is 0 Å². The summed E-state index contributed by atoms with van der Waals surface area (Å²) in [5.41, 5.74) is -0.229. The highest BCUT2D eigenvalue weighted by molar-refractivity contribution is 6.17. The molecule has 0 atom stereocenters. The van der Waals surface area contributed by atoms with Crippen molar-refractivity contribution in [3.05, 3.63) is 17.3 Å². The number of methoxy groups -OCH3 is 1. The Bertz CT molecular complexity index is 479. The number of aromatic nitrogens is 1. The van der Waals surface area contributed by atoms with Crippen LogP contribution >= 0.6 is 11.6 Å². The predicted molar refractivity (Wildman–Crippen MR) is 58.4 cm³/mol. The zero-order valence-corrected chi connectivity index (χ0v) is 10.4. The van der Waals surface area contributed by atoms with E-state index < -0.39 is 24.6 Å². The van der Waals surface area contributed by atoms with Gasteiger partial charge in [0.1, 0.15) is 11.4 Å². The highest BCUT2D eigenvalue weighted by Crippen LogP contribution is 2.30. The van der Waals surface area contributed by atoms with Crippen molar-refractivity contribution < 1.29 is 32.5 Å². The molecule has 0 amide bonds. The van der Waals surface area contributed by atoms with Crippen LogP contribution in [0.3, 0.4) is 0 Å². The van der Waals surface area contributed by atoms with Crippen LogP contribution in [-0.4, -0.2) is 29.5 Å². The van der Waals surface area contributed by atoms with Crippen molar-refractivity contribution in [1.82, 2.24) is 4.98 Å². The molecule has 0 saturated carbocycles. The van der Waals surface area contributed by atoms with Crippen LogP contribution in [0.25, 0.3) is 0 Å². The van der Waals surface area contributed by atoms with Crippen molar-refractivity contribution >= 4 is 17.6 Å². The SMILES string of the molecule is COc1cc(CC(=O)O)c(OC(F)(F)F)nc1CCl. The molecule has 1 N–H and O–H groups in total. The summed E-state index contributed by atoms with van der Waals surface area (Å²) in [5.74, 6) is -2.27. The summed E-state index contributed by atoms with van der Waals surface area (Å²) in [6, 6.07) is 1.11. The maximum absolute atomic E-state index is 12.2. The number of nitrogens with zero attached hydrogens (tertiary/aromatic N) is 1. The van der Waals surface area contributed by atoms with Gasteiger partial charge in [-0.25, -0.2) is 4.98 Å². The molecule has 0 aliphatic heterocycles. The second kappa shape index (κ2) is 5.96. The minimum Gasteiger partial charge on any atom is -0.495 e. The van der Waals surface area contributed by atoms with Crippen LogP contribution in [0.2, 0.25) is 0 Å². The predicted octanol–water partition coefficient (Wildman–Crippen LogP) is 2.35. The third kappa shape index (κ3) is 4.47. The molecule has 0 aromatic carbocycles. The maximum atomic E-state index is 12.2. The van der Waals surface area contributed by atoms with Crippen molar-refractivity contribution in [2.24, 2.45) is 0 Å². The van der Waals surface area contributed by atoms with E-state index in [4.69, 9.17) is 21.4 Å². The highest BCUT2D eigenvalue weighted by atomic mass is 35.5. The molecule has 0 radical (unpaired) electrons. The second-order valence-electron chi connectivity index (χ2n) is 3.35. The number of alkyl halides is 4. The third-order valence-electron chi connectivity index (χ3n) is 2.00. The Morgan fingerprint density at radius 1 is 1.53 bits per heavy atom. The fraction of sp³-hybridized carbons (Fsp3) is 0.400. The minimum atomic E-state index is -4.97. The fourth-order valence-electron chi connectivity index (χ4n) is 1.31. The van der Waals surface area contributed by atoms with Crippen molar-refractivity contribution in [2.45, 2.75) is 18.7 Å². The van der Waals surface area contributed by atoms with Crippen molar-refractivity contribution in [3.8, 4) is 11.6 Å². The lowest BCUT2D eigenvalue weighted by atomic mass is 10.1. The van der Waals surface area contributed by atoms with Crippen LogP contribution in [-0.2, 0) is 17.1 Å². The van der Waals surface area contributed by atoms with Crippen LogP contribution in [0.1, 0.15) is 11.3 Å². The number of carboxylic acid groups (broad SMARTS) is 1. The summed E-state index contributed by atoms with van der Waals surface area (Å²) in [7, 11) is 1.27. The fourth-order valence-corrected chi connectivity index (χ4v) is 1.50. The average Bonchev–Trinajstić information content (AvgIpc) is 2.28. The van der Waals surface area contributed by atoms with Gasteiger partial charge in [0.2, 0.25) is 5.88 Å². The molecule has 0 unspecified atom stereocenters.